The van der Waals surface area contributed by atoms with Gasteiger partial charge in [-0.1, -0.05) is 41.3 Å². The maximum Gasteiger partial charge on any atom is 0.305 e. The molecule has 2 N–H and O–H groups in total. The molecule has 0 unspecified atom stereocenters. The summed E-state index contributed by atoms with van der Waals surface area (Å²) in [7, 11) is -3.73. The molecule has 5 nitrogen and oxygen atoms in total. The molecule has 1 fully saturated rings. The van der Waals surface area contributed by atoms with E-state index in [4.69, 9.17) is 5.11 Å². The van der Waals surface area contributed by atoms with Crippen molar-refractivity contribution in [2.24, 2.45) is 0 Å². The van der Waals surface area contributed by atoms with E-state index < -0.39 is 21.5 Å². The van der Waals surface area contributed by atoms with Crippen molar-refractivity contribution in [1.82, 2.24) is 4.72 Å². The van der Waals surface area contributed by atoms with Crippen LogP contribution in [-0.2, 0) is 14.8 Å². The van der Waals surface area contributed by atoms with E-state index in [2.05, 4.69) is 20.7 Å². The third-order valence-electron chi connectivity index (χ3n) is 3.76. The summed E-state index contributed by atoms with van der Waals surface area (Å²) in [5, 5.41) is 9.10. The maximum absolute atomic E-state index is 12.5. The lowest BCUT2D eigenvalue weighted by Crippen LogP contribution is -2.50. The van der Waals surface area contributed by atoms with Crippen molar-refractivity contribution in [3.05, 3.63) is 28.7 Å². The molecule has 0 saturated heterocycles. The molecule has 1 aliphatic carbocycles. The second-order valence-corrected chi connectivity index (χ2v) is 8.07. The van der Waals surface area contributed by atoms with E-state index in [9.17, 15) is 13.2 Å². The van der Waals surface area contributed by atoms with Crippen LogP contribution in [0.1, 0.15) is 38.5 Å². The molecule has 0 bridgehead atoms. The fourth-order valence-corrected chi connectivity index (χ4v) is 4.87. The number of benzene rings is 1. The number of carbonyl (C=O) groups is 1. The van der Waals surface area contributed by atoms with Gasteiger partial charge in [0.2, 0.25) is 10.0 Å². The van der Waals surface area contributed by atoms with E-state index in [1.165, 1.54) is 12.1 Å². The van der Waals surface area contributed by atoms with Gasteiger partial charge in [0.15, 0.2) is 0 Å². The first-order chi connectivity index (χ1) is 9.83. The Bertz CT molecular complexity index is 624. The number of hydrogen-bond acceptors (Lipinski definition) is 3. The Morgan fingerprint density at radius 1 is 1.29 bits per heavy atom. The van der Waals surface area contributed by atoms with Crippen molar-refractivity contribution >= 4 is 31.9 Å². The second kappa shape index (κ2) is 6.46. The highest BCUT2D eigenvalue weighted by molar-refractivity contribution is 9.10. The van der Waals surface area contributed by atoms with Crippen LogP contribution in [0, 0.1) is 0 Å². The lowest BCUT2D eigenvalue weighted by atomic mass is 9.80. The monoisotopic (exact) mass is 375 g/mol. The molecule has 21 heavy (non-hydrogen) atoms. The third-order valence-corrected chi connectivity index (χ3v) is 5.83. The van der Waals surface area contributed by atoms with E-state index in [1.807, 2.05) is 0 Å². The summed E-state index contributed by atoms with van der Waals surface area (Å²) >= 11 is 3.25. The van der Waals surface area contributed by atoms with Gasteiger partial charge in [0.25, 0.3) is 0 Å². The molecule has 1 aromatic carbocycles. The van der Waals surface area contributed by atoms with Crippen LogP contribution >= 0.6 is 15.9 Å². The van der Waals surface area contributed by atoms with Crippen molar-refractivity contribution in [1.29, 1.82) is 0 Å². The molecular weight excluding hydrogens is 358 g/mol. The van der Waals surface area contributed by atoms with Gasteiger partial charge in [-0.15, -0.1) is 0 Å². The van der Waals surface area contributed by atoms with Gasteiger partial charge in [-0.05, 0) is 31.0 Å². The highest BCUT2D eigenvalue weighted by Gasteiger charge is 2.38. The van der Waals surface area contributed by atoms with Gasteiger partial charge in [-0.3, -0.25) is 4.79 Å². The Morgan fingerprint density at radius 2 is 1.95 bits per heavy atom. The molecule has 1 saturated carbocycles. The standard InChI is InChI=1S/C14H18BrNO4S/c15-11-5-4-6-12(9-11)21(19,20)16-14(10-13(17)18)7-2-1-3-8-14/h4-6,9,16H,1-3,7-8,10H2,(H,17,18). The van der Waals surface area contributed by atoms with Gasteiger partial charge in [-0.2, -0.15) is 0 Å². The number of sulfonamides is 1. The molecule has 116 valence electrons. The van der Waals surface area contributed by atoms with Crippen LogP contribution in [0.25, 0.3) is 0 Å². The summed E-state index contributed by atoms with van der Waals surface area (Å²) in [5.74, 6) is -0.978. The van der Waals surface area contributed by atoms with Crippen LogP contribution in [0.2, 0.25) is 0 Å². The second-order valence-electron chi connectivity index (χ2n) is 5.47. The van der Waals surface area contributed by atoms with Gasteiger partial charge < -0.3 is 5.11 Å². The molecule has 0 aromatic heterocycles. The quantitative estimate of drug-likeness (QED) is 0.828. The summed E-state index contributed by atoms with van der Waals surface area (Å²) < 4.78 is 28.4. The zero-order chi connectivity index (χ0) is 15.5. The first-order valence-corrected chi connectivity index (χ1v) is 9.12. The van der Waals surface area contributed by atoms with E-state index >= 15 is 0 Å². The van der Waals surface area contributed by atoms with E-state index in [1.54, 1.807) is 12.1 Å². The molecule has 0 radical (unpaired) electrons. The van der Waals surface area contributed by atoms with Gasteiger partial charge in [0, 0.05) is 10.0 Å². The number of carboxylic acids is 1. The molecule has 1 aromatic rings. The first-order valence-electron chi connectivity index (χ1n) is 6.84. The zero-order valence-electron chi connectivity index (χ0n) is 11.5. The van der Waals surface area contributed by atoms with Gasteiger partial charge in [-0.25, -0.2) is 13.1 Å². The van der Waals surface area contributed by atoms with Crippen molar-refractivity contribution in [3.8, 4) is 0 Å². The molecular formula is C14H18BrNO4S. The fraction of sp³-hybridized carbons (Fsp3) is 0.500. The zero-order valence-corrected chi connectivity index (χ0v) is 13.9. The molecule has 0 heterocycles. The molecule has 1 aliphatic rings. The summed E-state index contributed by atoms with van der Waals surface area (Å²) in [6, 6.07) is 6.40. The highest BCUT2D eigenvalue weighted by atomic mass is 79.9. The molecule has 0 atom stereocenters. The minimum atomic E-state index is -3.73. The summed E-state index contributed by atoms with van der Waals surface area (Å²) in [6.45, 7) is 0. The smallest absolute Gasteiger partial charge is 0.305 e. The van der Waals surface area contributed by atoms with Crippen molar-refractivity contribution in [3.63, 3.8) is 0 Å². The molecule has 7 heteroatoms. The third kappa shape index (κ3) is 4.28. The van der Waals surface area contributed by atoms with E-state index in [-0.39, 0.29) is 11.3 Å². The lowest BCUT2D eigenvalue weighted by molar-refractivity contribution is -0.138. The van der Waals surface area contributed by atoms with Gasteiger partial charge in [0.1, 0.15) is 0 Å². The number of carboxylic acid groups (broad SMARTS) is 1. The lowest BCUT2D eigenvalue weighted by Gasteiger charge is -2.36. The normalized spacial score (nSPS) is 18.3. The van der Waals surface area contributed by atoms with Crippen LogP contribution in [0.5, 0.6) is 0 Å². The van der Waals surface area contributed by atoms with E-state index in [0.29, 0.717) is 17.3 Å². The van der Waals surface area contributed by atoms with Gasteiger partial charge in [0.05, 0.1) is 11.3 Å². The Morgan fingerprint density at radius 3 is 2.52 bits per heavy atom. The first kappa shape index (κ1) is 16.5. The number of rotatable bonds is 5. The van der Waals surface area contributed by atoms with Crippen molar-refractivity contribution in [2.75, 3.05) is 0 Å². The molecule has 0 amide bonds. The molecule has 0 spiro atoms. The Hall–Kier alpha value is -0.920. The summed E-state index contributed by atoms with van der Waals surface area (Å²) in [6.07, 6.45) is 3.64. The average Bonchev–Trinajstić information content (AvgIpc) is 2.38. The number of halogens is 1. The Kier molecular flexibility index (Phi) is 5.06. The maximum atomic E-state index is 12.5. The van der Waals surface area contributed by atoms with Gasteiger partial charge >= 0.3 is 5.97 Å². The van der Waals surface area contributed by atoms with Crippen molar-refractivity contribution < 1.29 is 18.3 Å². The molecule has 2 rings (SSSR count). The molecule has 0 aliphatic heterocycles. The number of hydrogen-bond donors (Lipinski definition) is 2. The van der Waals surface area contributed by atoms with Crippen LogP contribution < -0.4 is 4.72 Å². The van der Waals surface area contributed by atoms with Crippen molar-refractivity contribution in [2.45, 2.75) is 49.0 Å². The van der Waals surface area contributed by atoms with Crippen LogP contribution in [0.15, 0.2) is 33.6 Å². The fourth-order valence-electron chi connectivity index (χ4n) is 2.81. The minimum absolute atomic E-state index is 0.146. The van der Waals surface area contributed by atoms with E-state index in [0.717, 1.165) is 19.3 Å². The average molecular weight is 376 g/mol. The largest absolute Gasteiger partial charge is 0.481 e. The van der Waals surface area contributed by atoms with Crippen LogP contribution in [0.3, 0.4) is 0 Å². The highest BCUT2D eigenvalue weighted by Crippen LogP contribution is 2.33. The predicted molar refractivity (Wildman–Crippen MR) is 82.5 cm³/mol. The Balaban J connectivity index is 2.28. The predicted octanol–water partition coefficient (Wildman–Crippen LogP) is 2.91. The minimum Gasteiger partial charge on any atom is -0.481 e. The van der Waals surface area contributed by atoms with Crippen LogP contribution in [0.4, 0.5) is 0 Å². The number of nitrogens with one attached hydrogen (secondary N) is 1. The number of aliphatic carboxylic acids is 1. The Labute approximate surface area is 132 Å². The summed E-state index contributed by atoms with van der Waals surface area (Å²) in [4.78, 5) is 11.3. The SMILES string of the molecule is O=C(O)CC1(NS(=O)(=O)c2cccc(Br)c2)CCCCC1. The van der Waals surface area contributed by atoms with Crippen LogP contribution in [-0.4, -0.2) is 25.0 Å². The topological polar surface area (TPSA) is 83.5 Å². The summed E-state index contributed by atoms with van der Waals surface area (Å²) in [5.41, 5.74) is -0.870.